The Labute approximate surface area is 240 Å². The first-order chi connectivity index (χ1) is 19.7. The van der Waals surface area contributed by atoms with Crippen molar-refractivity contribution in [3.63, 3.8) is 0 Å². The fourth-order valence-electron chi connectivity index (χ4n) is 4.47. The number of ether oxygens (including phenoxy) is 1. The van der Waals surface area contributed by atoms with Crippen LogP contribution in [-0.2, 0) is 16.6 Å². The summed E-state index contributed by atoms with van der Waals surface area (Å²) in [5.74, 6) is 0.468. The van der Waals surface area contributed by atoms with Gasteiger partial charge in [0.15, 0.2) is 0 Å². The van der Waals surface area contributed by atoms with Crippen molar-refractivity contribution in [2.24, 2.45) is 7.05 Å². The molecule has 212 valence electrons. The number of carbonyl (C=O) groups excluding carboxylic acids is 2. The predicted molar refractivity (Wildman–Crippen MR) is 165 cm³/mol. The van der Waals surface area contributed by atoms with Crippen LogP contribution in [0.15, 0.2) is 79.7 Å². The number of hydrogen-bond acceptors (Lipinski definition) is 7. The number of methoxy groups -OCH3 is 1. The van der Waals surface area contributed by atoms with Crippen molar-refractivity contribution in [2.75, 3.05) is 49.8 Å². The molecule has 0 fully saturated rings. The Kier molecular flexibility index (Phi) is 9.03. The minimum absolute atomic E-state index is 0.0797. The smallest absolute Gasteiger partial charge is 0.247 e. The maximum Gasteiger partial charge on any atom is 0.247 e. The Morgan fingerprint density at radius 1 is 1.12 bits per heavy atom. The van der Waals surface area contributed by atoms with Gasteiger partial charge < -0.3 is 29.7 Å². The second kappa shape index (κ2) is 12.8. The first-order valence-corrected chi connectivity index (χ1v) is 13.1. The fourth-order valence-corrected chi connectivity index (χ4v) is 4.47. The van der Waals surface area contributed by atoms with Crippen molar-refractivity contribution in [1.29, 1.82) is 0 Å². The highest BCUT2D eigenvalue weighted by atomic mass is 16.5. The third-order valence-electron chi connectivity index (χ3n) is 6.70. The molecule has 0 radical (unpaired) electrons. The molecule has 0 spiro atoms. The number of carbonyl (C=O) groups is 2. The number of likely N-dealkylation sites (N-methyl/N-ethyl adjacent to an activating group) is 2. The Morgan fingerprint density at radius 3 is 2.63 bits per heavy atom. The topological polar surface area (TPSA) is 105 Å². The van der Waals surface area contributed by atoms with Crippen molar-refractivity contribution >= 4 is 45.7 Å². The molecular formula is C31H35N7O3. The van der Waals surface area contributed by atoms with Gasteiger partial charge in [-0.2, -0.15) is 0 Å². The van der Waals surface area contributed by atoms with E-state index in [1.54, 1.807) is 44.3 Å². The average Bonchev–Trinajstić information content (AvgIpc) is 3.32. The van der Waals surface area contributed by atoms with E-state index in [1.165, 1.54) is 12.2 Å². The van der Waals surface area contributed by atoms with Crippen LogP contribution in [-0.4, -0.2) is 65.5 Å². The Morgan fingerprint density at radius 2 is 1.90 bits per heavy atom. The van der Waals surface area contributed by atoms with Crippen LogP contribution >= 0.6 is 0 Å². The highest BCUT2D eigenvalue weighted by Gasteiger charge is 2.18. The SMILES string of the molecule is C=CC(=O)Nc1cc(Nc2nccc(-c3cn(C)c4ccccc34)n2)c(OC)cc1N(C)CCN(C)C(=O)/C=C/C. The van der Waals surface area contributed by atoms with E-state index < -0.39 is 0 Å². The van der Waals surface area contributed by atoms with E-state index in [-0.39, 0.29) is 11.8 Å². The van der Waals surface area contributed by atoms with E-state index in [1.807, 2.05) is 43.3 Å². The van der Waals surface area contributed by atoms with Gasteiger partial charge in [-0.1, -0.05) is 30.9 Å². The summed E-state index contributed by atoms with van der Waals surface area (Å²) in [6, 6.07) is 13.6. The summed E-state index contributed by atoms with van der Waals surface area (Å²) >= 11 is 0. The average molecular weight is 554 g/mol. The number of para-hydroxylation sites is 1. The number of fused-ring (bicyclic) bond motifs is 1. The van der Waals surface area contributed by atoms with Gasteiger partial charge in [-0.15, -0.1) is 0 Å². The lowest BCUT2D eigenvalue weighted by atomic mass is 10.1. The lowest BCUT2D eigenvalue weighted by Gasteiger charge is -2.26. The van der Waals surface area contributed by atoms with E-state index in [0.29, 0.717) is 41.8 Å². The molecule has 0 aliphatic heterocycles. The monoisotopic (exact) mass is 553 g/mol. The quantitative estimate of drug-likeness (QED) is 0.252. The number of aromatic nitrogens is 3. The van der Waals surface area contributed by atoms with Crippen LogP contribution in [0.1, 0.15) is 6.92 Å². The Hall–Kier alpha value is -5.12. The number of nitrogens with zero attached hydrogens (tertiary/aromatic N) is 5. The molecule has 2 aromatic carbocycles. The lowest BCUT2D eigenvalue weighted by molar-refractivity contribution is -0.124. The van der Waals surface area contributed by atoms with Crippen LogP contribution in [0.3, 0.4) is 0 Å². The molecule has 4 aromatic rings. The molecule has 2 heterocycles. The fraction of sp³-hybridized carbons (Fsp3) is 0.226. The molecule has 4 rings (SSSR count). The maximum atomic E-state index is 12.3. The van der Waals surface area contributed by atoms with Crippen LogP contribution in [0.5, 0.6) is 5.75 Å². The molecule has 41 heavy (non-hydrogen) atoms. The molecule has 10 nitrogen and oxygen atoms in total. The number of nitrogens with one attached hydrogen (secondary N) is 2. The van der Waals surface area contributed by atoms with E-state index in [4.69, 9.17) is 9.72 Å². The first-order valence-electron chi connectivity index (χ1n) is 13.1. The molecule has 2 amide bonds. The normalized spacial score (nSPS) is 11.0. The molecule has 0 aliphatic rings. The predicted octanol–water partition coefficient (Wildman–Crippen LogP) is 4.98. The number of anilines is 4. The molecule has 2 aromatic heterocycles. The van der Waals surface area contributed by atoms with Crippen LogP contribution in [0.4, 0.5) is 23.0 Å². The molecule has 0 bridgehead atoms. The third-order valence-corrected chi connectivity index (χ3v) is 6.70. The number of hydrogen-bond donors (Lipinski definition) is 2. The summed E-state index contributed by atoms with van der Waals surface area (Å²) in [4.78, 5) is 37.3. The number of allylic oxidation sites excluding steroid dienone is 1. The summed E-state index contributed by atoms with van der Waals surface area (Å²) in [6.45, 7) is 6.37. The van der Waals surface area contributed by atoms with Crippen LogP contribution < -0.4 is 20.3 Å². The minimum atomic E-state index is -0.356. The van der Waals surface area contributed by atoms with Gasteiger partial charge in [-0.05, 0) is 37.3 Å². The van der Waals surface area contributed by atoms with E-state index in [9.17, 15) is 9.59 Å². The molecule has 0 saturated carbocycles. The van der Waals surface area contributed by atoms with Crippen molar-refractivity contribution in [3.05, 3.63) is 79.7 Å². The number of aryl methyl sites for hydroxylation is 1. The highest BCUT2D eigenvalue weighted by Crippen LogP contribution is 2.38. The van der Waals surface area contributed by atoms with Gasteiger partial charge in [0, 0.05) is 69.2 Å². The van der Waals surface area contributed by atoms with Gasteiger partial charge in [-0.3, -0.25) is 9.59 Å². The van der Waals surface area contributed by atoms with E-state index in [0.717, 1.165) is 22.2 Å². The number of amides is 2. The van der Waals surface area contributed by atoms with Crippen LogP contribution in [0, 0.1) is 0 Å². The zero-order chi connectivity index (χ0) is 29.5. The molecule has 0 saturated heterocycles. The molecule has 2 N–H and O–H groups in total. The second-order valence-corrected chi connectivity index (χ2v) is 9.51. The summed E-state index contributed by atoms with van der Waals surface area (Å²) < 4.78 is 7.78. The van der Waals surface area contributed by atoms with Crippen molar-refractivity contribution < 1.29 is 14.3 Å². The van der Waals surface area contributed by atoms with Gasteiger partial charge >= 0.3 is 0 Å². The second-order valence-electron chi connectivity index (χ2n) is 9.51. The Bertz CT molecular complexity index is 1610. The zero-order valence-corrected chi connectivity index (χ0v) is 24.0. The van der Waals surface area contributed by atoms with Gasteiger partial charge in [0.1, 0.15) is 5.75 Å². The van der Waals surface area contributed by atoms with Crippen molar-refractivity contribution in [1.82, 2.24) is 19.4 Å². The summed E-state index contributed by atoms with van der Waals surface area (Å²) in [6.07, 6.45) is 8.20. The standard InChI is InChI=1S/C31H35N7O3/c1-7-11-30(40)37(4)17-16-36(3)27-19-28(41-6)25(18-24(27)33-29(39)8-2)35-31-32-15-14-23(34-31)22-20-38(5)26-13-10-9-12-21(22)26/h7-15,18-20H,2,16-17H2,1,3-6H3,(H,33,39)(H,32,34,35)/b11-7+. The van der Waals surface area contributed by atoms with Crippen molar-refractivity contribution in [3.8, 4) is 17.0 Å². The lowest BCUT2D eigenvalue weighted by Crippen LogP contribution is -2.34. The Balaban J connectivity index is 1.66. The summed E-state index contributed by atoms with van der Waals surface area (Å²) in [7, 11) is 7.21. The third kappa shape index (κ3) is 6.55. The van der Waals surface area contributed by atoms with Gasteiger partial charge in [-0.25, -0.2) is 9.97 Å². The van der Waals surface area contributed by atoms with Gasteiger partial charge in [0.05, 0.1) is 29.9 Å². The summed E-state index contributed by atoms with van der Waals surface area (Å²) in [5, 5.41) is 7.23. The van der Waals surface area contributed by atoms with E-state index in [2.05, 4.69) is 45.1 Å². The van der Waals surface area contributed by atoms with Gasteiger partial charge in [0.2, 0.25) is 17.8 Å². The van der Waals surface area contributed by atoms with Crippen LogP contribution in [0.25, 0.3) is 22.2 Å². The highest BCUT2D eigenvalue weighted by molar-refractivity contribution is 6.02. The largest absolute Gasteiger partial charge is 0.494 e. The summed E-state index contributed by atoms with van der Waals surface area (Å²) in [5.41, 5.74) is 4.69. The molecule has 10 heteroatoms. The molecule has 0 unspecified atom stereocenters. The molecule has 0 aliphatic carbocycles. The number of rotatable bonds is 11. The van der Waals surface area contributed by atoms with Crippen molar-refractivity contribution in [2.45, 2.75) is 6.92 Å². The van der Waals surface area contributed by atoms with Gasteiger partial charge in [0.25, 0.3) is 0 Å². The zero-order valence-electron chi connectivity index (χ0n) is 24.0. The van der Waals surface area contributed by atoms with Crippen LogP contribution in [0.2, 0.25) is 0 Å². The maximum absolute atomic E-state index is 12.3. The number of benzene rings is 2. The minimum Gasteiger partial charge on any atom is -0.494 e. The molecular weight excluding hydrogens is 518 g/mol. The van der Waals surface area contributed by atoms with E-state index >= 15 is 0 Å². The first kappa shape index (κ1) is 28.9. The molecule has 0 atom stereocenters.